The lowest BCUT2D eigenvalue weighted by Crippen LogP contribution is -2.25. The summed E-state index contributed by atoms with van der Waals surface area (Å²) in [5.41, 5.74) is 2.19. The van der Waals surface area contributed by atoms with Crippen LogP contribution in [0.3, 0.4) is 0 Å². The Balaban J connectivity index is 0.000000192. The van der Waals surface area contributed by atoms with Gasteiger partial charge in [0.15, 0.2) is 27.8 Å². The number of β-amino-alcohol motifs (C(OH)–C–C–N with tert-alkyl or cyclic N) is 1. The van der Waals surface area contributed by atoms with Gasteiger partial charge in [-0.25, -0.2) is 30.2 Å². The van der Waals surface area contributed by atoms with Gasteiger partial charge in [0.25, 0.3) is 0 Å². The van der Waals surface area contributed by atoms with Crippen molar-refractivity contribution in [3.63, 3.8) is 0 Å². The van der Waals surface area contributed by atoms with Gasteiger partial charge in [-0.15, -0.1) is 0 Å². The van der Waals surface area contributed by atoms with Crippen LogP contribution in [0.1, 0.15) is 24.5 Å². The number of hydrogen-bond acceptors (Lipinski definition) is 8. The van der Waals surface area contributed by atoms with E-state index >= 15 is 0 Å². The molecule has 0 radical (unpaired) electrons. The molecule has 152 valence electrons. The maximum atomic E-state index is 14.1. The number of nitrogen functional groups attached to an aromatic ring is 1. The first-order chi connectivity index (χ1) is 13.2. The molecule has 1 aliphatic heterocycles. The molecule has 0 bridgehead atoms. The first-order valence-corrected chi connectivity index (χ1v) is 9.21. The second-order valence-corrected chi connectivity index (χ2v) is 7.54. The molecule has 1 saturated carbocycles. The van der Waals surface area contributed by atoms with E-state index in [4.69, 9.17) is 29.0 Å². The van der Waals surface area contributed by atoms with Gasteiger partial charge in [0, 0.05) is 18.5 Å². The van der Waals surface area contributed by atoms with Gasteiger partial charge in [0.1, 0.15) is 11.6 Å². The monoisotopic (exact) mass is 433 g/mol. The molecule has 1 saturated heterocycles. The Kier molecular flexibility index (Phi) is 5.85. The minimum absolute atomic E-state index is 0.0104. The molecule has 2 fully saturated rings. The molecule has 28 heavy (non-hydrogen) atoms. The quantitative estimate of drug-likeness (QED) is 0.375. The van der Waals surface area contributed by atoms with Crippen LogP contribution in [0.4, 0.5) is 20.4 Å². The average molecular weight is 434 g/mol. The summed E-state index contributed by atoms with van der Waals surface area (Å²) in [6.45, 7) is 4.32. The van der Waals surface area contributed by atoms with Crippen molar-refractivity contribution in [3.05, 3.63) is 33.6 Å². The molecule has 1 spiro atoms. The lowest BCUT2D eigenvalue weighted by Gasteiger charge is -2.19. The lowest BCUT2D eigenvalue weighted by atomic mass is 10.0. The Morgan fingerprint density at radius 3 is 2.14 bits per heavy atom. The summed E-state index contributed by atoms with van der Waals surface area (Å²) in [5, 5.41) is 9.51. The van der Waals surface area contributed by atoms with E-state index in [9.17, 15) is 13.9 Å². The first kappa shape index (κ1) is 20.8. The molecule has 1 atom stereocenters. The molecule has 1 unspecified atom stereocenters. The molecular weight excluding hydrogens is 415 g/mol. The number of nitrogens with one attached hydrogen (secondary N) is 1. The van der Waals surface area contributed by atoms with E-state index in [0.717, 1.165) is 12.8 Å². The van der Waals surface area contributed by atoms with Crippen molar-refractivity contribution >= 4 is 34.8 Å². The Bertz CT molecular complexity index is 875. The average Bonchev–Trinajstić information content (AvgIpc) is 3.34. The molecule has 2 aromatic rings. The van der Waals surface area contributed by atoms with Crippen LogP contribution in [0, 0.1) is 30.9 Å². The highest BCUT2D eigenvalue weighted by Crippen LogP contribution is 2.53. The predicted octanol–water partition coefficient (Wildman–Crippen LogP) is 2.40. The molecule has 4 rings (SSSR count). The Morgan fingerprint density at radius 1 is 1.07 bits per heavy atom. The number of aliphatic hydroxyl groups excluding tert-OH is 1. The van der Waals surface area contributed by atoms with Gasteiger partial charge in [0.05, 0.1) is 6.10 Å². The van der Waals surface area contributed by atoms with Crippen molar-refractivity contribution in [2.45, 2.75) is 32.8 Å². The lowest BCUT2D eigenvalue weighted by molar-refractivity contribution is 0.136. The fourth-order valence-electron chi connectivity index (χ4n) is 3.11. The zero-order valence-corrected chi connectivity index (χ0v) is 16.7. The van der Waals surface area contributed by atoms with Gasteiger partial charge in [-0.3, -0.25) is 0 Å². The van der Waals surface area contributed by atoms with E-state index in [-0.39, 0.29) is 27.4 Å². The van der Waals surface area contributed by atoms with Gasteiger partial charge < -0.3 is 15.4 Å². The Labute approximate surface area is 170 Å². The van der Waals surface area contributed by atoms with Gasteiger partial charge in [-0.05, 0) is 26.7 Å². The molecule has 2 aliphatic rings. The summed E-state index contributed by atoms with van der Waals surface area (Å²) < 4.78 is 26.6. The highest BCUT2D eigenvalue weighted by molar-refractivity contribution is 6.33. The maximum absolute atomic E-state index is 14.1. The van der Waals surface area contributed by atoms with Crippen LogP contribution in [0.2, 0.25) is 10.3 Å². The highest BCUT2D eigenvalue weighted by Gasteiger charge is 2.55. The summed E-state index contributed by atoms with van der Waals surface area (Å²) in [5.74, 6) is 4.92. The van der Waals surface area contributed by atoms with Gasteiger partial charge >= 0.3 is 0 Å². The second-order valence-electron chi connectivity index (χ2n) is 6.83. The standard InChI is InChI=1S/C11H16FN5O.C5H3Cl2FN2/c1-6-14-9(16-13)8(12)10(15-6)17-4-7(18)11(5-17)2-3-11;1-2-9-4(6)3(8)5(7)10-2/h7,18H,2-5,13H2,1H3,(H,14,15,16);1H3. The van der Waals surface area contributed by atoms with Crippen molar-refractivity contribution in [2.24, 2.45) is 11.3 Å². The summed E-state index contributed by atoms with van der Waals surface area (Å²) >= 11 is 10.6. The smallest absolute Gasteiger partial charge is 0.209 e. The van der Waals surface area contributed by atoms with E-state index in [1.807, 2.05) is 0 Å². The number of halogens is 4. The largest absolute Gasteiger partial charge is 0.391 e. The molecule has 3 heterocycles. The van der Waals surface area contributed by atoms with Gasteiger partial charge in [0.2, 0.25) is 5.82 Å². The van der Waals surface area contributed by atoms with Crippen molar-refractivity contribution < 1.29 is 13.9 Å². The highest BCUT2D eigenvalue weighted by atomic mass is 35.5. The van der Waals surface area contributed by atoms with E-state index in [0.29, 0.717) is 24.7 Å². The van der Waals surface area contributed by atoms with E-state index in [2.05, 4.69) is 25.4 Å². The summed E-state index contributed by atoms with van der Waals surface area (Å²) in [6, 6.07) is 0. The number of aromatic nitrogens is 4. The van der Waals surface area contributed by atoms with E-state index in [1.165, 1.54) is 0 Å². The number of anilines is 2. The SMILES string of the molecule is Cc1nc(Cl)c(F)c(Cl)n1.Cc1nc(NN)c(F)c(N2CC(O)C3(CC3)C2)n1. The molecule has 4 N–H and O–H groups in total. The van der Waals surface area contributed by atoms with Crippen LogP contribution in [-0.2, 0) is 0 Å². The van der Waals surface area contributed by atoms with Gasteiger partial charge in [-0.1, -0.05) is 23.2 Å². The number of aliphatic hydroxyl groups is 1. The number of rotatable bonds is 2. The molecule has 0 amide bonds. The molecular formula is C16H19Cl2F2N7O. The van der Waals surface area contributed by atoms with Crippen LogP contribution < -0.4 is 16.2 Å². The minimum Gasteiger partial charge on any atom is -0.391 e. The third-order valence-electron chi connectivity index (χ3n) is 4.76. The third-order valence-corrected chi connectivity index (χ3v) is 5.26. The maximum Gasteiger partial charge on any atom is 0.209 e. The van der Waals surface area contributed by atoms with Crippen LogP contribution in [-0.4, -0.2) is 44.2 Å². The zero-order valence-electron chi connectivity index (χ0n) is 15.2. The van der Waals surface area contributed by atoms with Crippen LogP contribution in [0.15, 0.2) is 0 Å². The molecule has 0 aromatic carbocycles. The number of hydrazine groups is 1. The topological polar surface area (TPSA) is 113 Å². The second kappa shape index (κ2) is 7.86. The molecule has 2 aromatic heterocycles. The summed E-state index contributed by atoms with van der Waals surface area (Å²) in [6.07, 6.45) is 1.60. The minimum atomic E-state index is -0.770. The van der Waals surface area contributed by atoms with Crippen molar-refractivity contribution in [1.29, 1.82) is 0 Å². The molecule has 1 aliphatic carbocycles. The fraction of sp³-hybridized carbons (Fsp3) is 0.500. The summed E-state index contributed by atoms with van der Waals surface area (Å²) in [7, 11) is 0. The van der Waals surface area contributed by atoms with E-state index < -0.39 is 17.7 Å². The Morgan fingerprint density at radius 2 is 1.64 bits per heavy atom. The fourth-order valence-corrected chi connectivity index (χ4v) is 3.58. The third kappa shape index (κ3) is 4.09. The Hall–Kier alpha value is -1.88. The number of nitrogens with two attached hydrogens (primary N) is 1. The number of aryl methyl sites for hydroxylation is 2. The zero-order chi connectivity index (χ0) is 20.6. The van der Waals surface area contributed by atoms with Crippen LogP contribution in [0.5, 0.6) is 0 Å². The molecule has 12 heteroatoms. The number of hydrogen-bond donors (Lipinski definition) is 3. The van der Waals surface area contributed by atoms with Crippen LogP contribution >= 0.6 is 23.2 Å². The molecule has 8 nitrogen and oxygen atoms in total. The first-order valence-electron chi connectivity index (χ1n) is 8.46. The summed E-state index contributed by atoms with van der Waals surface area (Å²) in [4.78, 5) is 16.8. The van der Waals surface area contributed by atoms with Crippen molar-refractivity contribution in [1.82, 2.24) is 19.9 Å². The van der Waals surface area contributed by atoms with E-state index in [1.54, 1.807) is 18.7 Å². The van der Waals surface area contributed by atoms with Gasteiger partial charge in [-0.2, -0.15) is 4.39 Å². The predicted molar refractivity (Wildman–Crippen MR) is 101 cm³/mol. The van der Waals surface area contributed by atoms with Crippen molar-refractivity contribution in [2.75, 3.05) is 23.4 Å². The van der Waals surface area contributed by atoms with Crippen molar-refractivity contribution in [3.8, 4) is 0 Å². The normalized spacial score (nSPS) is 19.4. The van der Waals surface area contributed by atoms with Crippen LogP contribution in [0.25, 0.3) is 0 Å². The number of nitrogens with zero attached hydrogens (tertiary/aromatic N) is 5.